The predicted octanol–water partition coefficient (Wildman–Crippen LogP) is 2.96. The molecule has 0 spiro atoms. The van der Waals surface area contributed by atoms with Gasteiger partial charge in [-0.05, 0) is 30.2 Å². The van der Waals surface area contributed by atoms with Gasteiger partial charge in [-0.1, -0.05) is 34.1 Å². The van der Waals surface area contributed by atoms with E-state index in [2.05, 4.69) is 20.9 Å². The minimum Gasteiger partial charge on any atom is -0.387 e. The van der Waals surface area contributed by atoms with Crippen molar-refractivity contribution < 1.29 is 9.90 Å². The predicted molar refractivity (Wildman–Crippen MR) is 85.0 cm³/mol. The number of aliphatic hydroxyl groups excluding tert-OH is 1. The molecule has 1 N–H and O–H groups in total. The van der Waals surface area contributed by atoms with Crippen molar-refractivity contribution in [2.75, 3.05) is 13.6 Å². The van der Waals surface area contributed by atoms with Crippen LogP contribution in [0.5, 0.6) is 0 Å². The standard InChI is InChI=1S/C16H17BrN2O2/c1-11-7-12(9-18-8-11)16(21)19(2)10-15(20)13-5-3-4-6-14(13)17/h3-9,15,20H,10H2,1-2H3. The van der Waals surface area contributed by atoms with Gasteiger partial charge in [0.15, 0.2) is 0 Å². The van der Waals surface area contributed by atoms with Crippen LogP contribution in [0.2, 0.25) is 0 Å². The molecule has 110 valence electrons. The molecule has 2 rings (SSSR count). The van der Waals surface area contributed by atoms with E-state index >= 15 is 0 Å². The Hall–Kier alpha value is -1.72. The zero-order chi connectivity index (χ0) is 15.4. The lowest BCUT2D eigenvalue weighted by atomic mass is 10.1. The zero-order valence-electron chi connectivity index (χ0n) is 12.0. The first-order chi connectivity index (χ1) is 9.99. The van der Waals surface area contributed by atoms with Crippen molar-refractivity contribution in [3.05, 3.63) is 63.9 Å². The number of hydrogen-bond acceptors (Lipinski definition) is 3. The molecule has 0 fully saturated rings. The molecule has 1 atom stereocenters. The highest BCUT2D eigenvalue weighted by molar-refractivity contribution is 9.10. The highest BCUT2D eigenvalue weighted by Crippen LogP contribution is 2.23. The Morgan fingerprint density at radius 3 is 2.76 bits per heavy atom. The molecule has 1 aromatic carbocycles. The second-order valence-corrected chi connectivity index (χ2v) is 5.83. The maximum Gasteiger partial charge on any atom is 0.255 e. The van der Waals surface area contributed by atoms with Gasteiger partial charge in [0.25, 0.3) is 5.91 Å². The average molecular weight is 349 g/mol. The Labute approximate surface area is 132 Å². The maximum absolute atomic E-state index is 12.3. The molecule has 1 aromatic heterocycles. The lowest BCUT2D eigenvalue weighted by molar-refractivity contribution is 0.0679. The van der Waals surface area contributed by atoms with Gasteiger partial charge in [-0.25, -0.2) is 0 Å². The SMILES string of the molecule is Cc1cncc(C(=O)N(C)CC(O)c2ccccc2Br)c1. The van der Waals surface area contributed by atoms with Crippen LogP contribution < -0.4 is 0 Å². The number of aryl methyl sites for hydroxylation is 1. The summed E-state index contributed by atoms with van der Waals surface area (Å²) >= 11 is 3.40. The summed E-state index contributed by atoms with van der Waals surface area (Å²) in [5.41, 5.74) is 2.22. The summed E-state index contributed by atoms with van der Waals surface area (Å²) in [5.74, 6) is -0.155. The number of likely N-dealkylation sites (N-methyl/N-ethyl adjacent to an activating group) is 1. The van der Waals surface area contributed by atoms with E-state index in [0.29, 0.717) is 5.56 Å². The smallest absolute Gasteiger partial charge is 0.255 e. The topological polar surface area (TPSA) is 53.4 Å². The minimum atomic E-state index is -0.743. The number of aromatic nitrogens is 1. The van der Waals surface area contributed by atoms with E-state index in [4.69, 9.17) is 0 Å². The molecule has 0 saturated carbocycles. The van der Waals surface area contributed by atoms with Gasteiger partial charge in [0.2, 0.25) is 0 Å². The zero-order valence-corrected chi connectivity index (χ0v) is 13.5. The number of amides is 1. The van der Waals surface area contributed by atoms with Gasteiger partial charge in [-0.2, -0.15) is 0 Å². The van der Waals surface area contributed by atoms with Crippen LogP contribution >= 0.6 is 15.9 Å². The van der Waals surface area contributed by atoms with Crippen LogP contribution in [-0.2, 0) is 0 Å². The van der Waals surface area contributed by atoms with E-state index in [-0.39, 0.29) is 12.5 Å². The summed E-state index contributed by atoms with van der Waals surface area (Å²) in [6, 6.07) is 9.23. The molecule has 2 aromatic rings. The molecule has 0 aliphatic carbocycles. The minimum absolute atomic E-state index is 0.155. The number of halogens is 1. The monoisotopic (exact) mass is 348 g/mol. The van der Waals surface area contributed by atoms with Crippen molar-refractivity contribution in [2.24, 2.45) is 0 Å². The van der Waals surface area contributed by atoms with E-state index < -0.39 is 6.10 Å². The van der Waals surface area contributed by atoms with Crippen molar-refractivity contribution in [2.45, 2.75) is 13.0 Å². The molecule has 4 nitrogen and oxygen atoms in total. The Bertz CT molecular complexity index is 646. The van der Waals surface area contributed by atoms with Crippen molar-refractivity contribution in [1.29, 1.82) is 0 Å². The van der Waals surface area contributed by atoms with Gasteiger partial charge >= 0.3 is 0 Å². The van der Waals surface area contributed by atoms with E-state index in [1.165, 1.54) is 11.1 Å². The van der Waals surface area contributed by atoms with Gasteiger partial charge in [0, 0.05) is 23.9 Å². The van der Waals surface area contributed by atoms with E-state index in [0.717, 1.165) is 15.6 Å². The summed E-state index contributed by atoms with van der Waals surface area (Å²) in [5, 5.41) is 10.3. The first-order valence-electron chi connectivity index (χ1n) is 6.58. The lowest BCUT2D eigenvalue weighted by Gasteiger charge is -2.22. The fourth-order valence-electron chi connectivity index (χ4n) is 2.08. The Kier molecular flexibility index (Phi) is 5.09. The summed E-state index contributed by atoms with van der Waals surface area (Å²) in [4.78, 5) is 17.8. The van der Waals surface area contributed by atoms with E-state index in [1.54, 1.807) is 19.3 Å². The molecular formula is C16H17BrN2O2. The van der Waals surface area contributed by atoms with Crippen molar-refractivity contribution in [3.63, 3.8) is 0 Å². The van der Waals surface area contributed by atoms with E-state index in [9.17, 15) is 9.90 Å². The summed E-state index contributed by atoms with van der Waals surface area (Å²) in [7, 11) is 1.67. The van der Waals surface area contributed by atoms with Gasteiger partial charge in [-0.15, -0.1) is 0 Å². The van der Waals surface area contributed by atoms with Gasteiger partial charge < -0.3 is 10.0 Å². The number of nitrogens with zero attached hydrogens (tertiary/aromatic N) is 2. The number of aliphatic hydroxyl groups is 1. The van der Waals surface area contributed by atoms with Crippen molar-refractivity contribution in [3.8, 4) is 0 Å². The number of hydrogen-bond donors (Lipinski definition) is 1. The van der Waals surface area contributed by atoms with Gasteiger partial charge in [-0.3, -0.25) is 9.78 Å². The number of carbonyl (C=O) groups is 1. The molecule has 1 heterocycles. The van der Waals surface area contributed by atoms with Crippen LogP contribution in [0.15, 0.2) is 47.2 Å². The fraction of sp³-hybridized carbons (Fsp3) is 0.250. The fourth-order valence-corrected chi connectivity index (χ4v) is 2.63. The second-order valence-electron chi connectivity index (χ2n) is 4.97. The third-order valence-electron chi connectivity index (χ3n) is 3.18. The Balaban J connectivity index is 2.09. The molecule has 0 aliphatic rings. The molecule has 0 saturated heterocycles. The average Bonchev–Trinajstić information content (AvgIpc) is 2.46. The molecule has 0 bridgehead atoms. The summed E-state index contributed by atoms with van der Waals surface area (Å²) in [6.07, 6.45) is 2.50. The maximum atomic E-state index is 12.3. The molecule has 21 heavy (non-hydrogen) atoms. The summed E-state index contributed by atoms with van der Waals surface area (Å²) in [6.45, 7) is 2.11. The number of rotatable bonds is 4. The van der Waals surface area contributed by atoms with Crippen molar-refractivity contribution in [1.82, 2.24) is 9.88 Å². The number of benzene rings is 1. The van der Waals surface area contributed by atoms with Crippen LogP contribution in [0, 0.1) is 6.92 Å². The number of carbonyl (C=O) groups excluding carboxylic acids is 1. The highest BCUT2D eigenvalue weighted by Gasteiger charge is 2.18. The molecule has 0 radical (unpaired) electrons. The largest absolute Gasteiger partial charge is 0.387 e. The highest BCUT2D eigenvalue weighted by atomic mass is 79.9. The van der Waals surface area contributed by atoms with Crippen LogP contribution in [0.1, 0.15) is 27.6 Å². The third kappa shape index (κ3) is 3.89. The van der Waals surface area contributed by atoms with E-state index in [1.807, 2.05) is 31.2 Å². The van der Waals surface area contributed by atoms with Crippen LogP contribution in [0.25, 0.3) is 0 Å². The Morgan fingerprint density at radius 2 is 2.10 bits per heavy atom. The van der Waals surface area contributed by atoms with Crippen molar-refractivity contribution >= 4 is 21.8 Å². The normalized spacial score (nSPS) is 12.0. The van der Waals surface area contributed by atoms with Crippen LogP contribution in [0.4, 0.5) is 0 Å². The lowest BCUT2D eigenvalue weighted by Crippen LogP contribution is -2.31. The molecular weight excluding hydrogens is 332 g/mol. The van der Waals surface area contributed by atoms with Gasteiger partial charge in [0.05, 0.1) is 18.2 Å². The molecule has 0 aliphatic heterocycles. The van der Waals surface area contributed by atoms with Gasteiger partial charge in [0.1, 0.15) is 0 Å². The van der Waals surface area contributed by atoms with Crippen LogP contribution in [-0.4, -0.2) is 34.5 Å². The first-order valence-corrected chi connectivity index (χ1v) is 7.38. The first kappa shape index (κ1) is 15.7. The van der Waals surface area contributed by atoms with Crippen LogP contribution in [0.3, 0.4) is 0 Å². The second kappa shape index (κ2) is 6.83. The molecule has 5 heteroatoms. The Morgan fingerprint density at radius 1 is 1.38 bits per heavy atom. The molecule has 1 unspecified atom stereocenters. The summed E-state index contributed by atoms with van der Waals surface area (Å²) < 4.78 is 0.829. The number of pyridine rings is 1. The third-order valence-corrected chi connectivity index (χ3v) is 3.90. The quantitative estimate of drug-likeness (QED) is 0.923. The molecule has 1 amide bonds.